The van der Waals surface area contributed by atoms with Crippen molar-refractivity contribution in [2.75, 3.05) is 20.3 Å². The van der Waals surface area contributed by atoms with Crippen LogP contribution < -0.4 is 4.74 Å². The number of hydrogen-bond acceptors (Lipinski definition) is 4. The van der Waals surface area contributed by atoms with Crippen LogP contribution in [-0.4, -0.2) is 31.4 Å². The Hall–Kier alpha value is -1.00. The van der Waals surface area contributed by atoms with Crippen LogP contribution in [0.5, 0.6) is 5.75 Å². The monoisotopic (exact) mass is 252 g/mol. The number of methoxy groups -OCH3 is 1. The van der Waals surface area contributed by atoms with E-state index >= 15 is 0 Å². The Labute approximate surface area is 105 Å². The van der Waals surface area contributed by atoms with Crippen molar-refractivity contribution < 1.29 is 14.3 Å². The van der Waals surface area contributed by atoms with E-state index in [2.05, 4.69) is 0 Å². The maximum atomic E-state index is 11.3. The summed E-state index contributed by atoms with van der Waals surface area (Å²) in [6.45, 7) is 3.25. The molecule has 1 aliphatic heterocycles. The summed E-state index contributed by atoms with van der Waals surface area (Å²) < 4.78 is 10.4. The van der Waals surface area contributed by atoms with Crippen molar-refractivity contribution >= 4 is 17.5 Å². The van der Waals surface area contributed by atoms with Gasteiger partial charge >= 0.3 is 0 Å². The first-order valence-corrected chi connectivity index (χ1v) is 6.63. The van der Waals surface area contributed by atoms with Crippen molar-refractivity contribution in [3.63, 3.8) is 0 Å². The largest absolute Gasteiger partial charge is 0.496 e. The minimum atomic E-state index is 0.0888. The van der Waals surface area contributed by atoms with Crippen molar-refractivity contribution in [3.8, 4) is 5.75 Å². The number of benzene rings is 1. The van der Waals surface area contributed by atoms with Gasteiger partial charge in [-0.15, -0.1) is 11.8 Å². The topological polar surface area (TPSA) is 35.5 Å². The highest BCUT2D eigenvalue weighted by molar-refractivity contribution is 7.99. The summed E-state index contributed by atoms with van der Waals surface area (Å²) in [6.07, 6.45) is 0. The zero-order valence-electron chi connectivity index (χ0n) is 10.1. The van der Waals surface area contributed by atoms with Gasteiger partial charge in [0.15, 0.2) is 5.78 Å². The quantitative estimate of drug-likeness (QED) is 0.754. The number of ether oxygens (including phenoxy) is 2. The van der Waals surface area contributed by atoms with Crippen LogP contribution in [0.25, 0.3) is 0 Å². The van der Waals surface area contributed by atoms with E-state index in [0.29, 0.717) is 5.25 Å². The third kappa shape index (κ3) is 3.01. The summed E-state index contributed by atoms with van der Waals surface area (Å²) in [4.78, 5) is 11.3. The van der Waals surface area contributed by atoms with Gasteiger partial charge < -0.3 is 9.47 Å². The molecule has 1 aromatic carbocycles. The highest BCUT2D eigenvalue weighted by Crippen LogP contribution is 2.29. The number of carbonyl (C=O) groups is 1. The summed E-state index contributed by atoms with van der Waals surface area (Å²) in [5.74, 6) is 1.80. The Morgan fingerprint density at radius 1 is 1.53 bits per heavy atom. The minimum Gasteiger partial charge on any atom is -0.496 e. The zero-order valence-corrected chi connectivity index (χ0v) is 10.9. The molecule has 4 heteroatoms. The van der Waals surface area contributed by atoms with Gasteiger partial charge in [0.2, 0.25) is 0 Å². The van der Waals surface area contributed by atoms with Gasteiger partial charge in [-0.3, -0.25) is 4.79 Å². The second kappa shape index (κ2) is 5.56. The normalized spacial score (nSPS) is 15.4. The molecule has 0 radical (unpaired) electrons. The van der Waals surface area contributed by atoms with Gasteiger partial charge in [-0.05, 0) is 25.1 Å². The molecule has 92 valence electrons. The number of Topliss-reactive ketones (excluding diaryl/α,β-unsaturated/α-hetero) is 1. The van der Waals surface area contributed by atoms with Crippen LogP contribution in [0.1, 0.15) is 22.8 Å². The number of thioether (sulfide) groups is 1. The number of carbonyl (C=O) groups excluding carboxylic acids is 1. The fraction of sp³-hybridized carbons (Fsp3) is 0.462. The van der Waals surface area contributed by atoms with E-state index in [9.17, 15) is 4.79 Å². The van der Waals surface area contributed by atoms with E-state index < -0.39 is 0 Å². The van der Waals surface area contributed by atoms with Crippen LogP contribution in [0.4, 0.5) is 0 Å². The second-order valence-electron chi connectivity index (χ2n) is 4.05. The van der Waals surface area contributed by atoms with Crippen molar-refractivity contribution in [1.29, 1.82) is 0 Å². The predicted molar refractivity (Wildman–Crippen MR) is 68.9 cm³/mol. The smallest absolute Gasteiger partial charge is 0.159 e. The molecule has 0 aromatic heterocycles. The lowest BCUT2D eigenvalue weighted by Crippen LogP contribution is -2.30. The molecule has 1 saturated heterocycles. The molecule has 1 heterocycles. The molecule has 0 aliphatic carbocycles. The SMILES string of the molecule is COc1ccc(C(C)=O)cc1CSC1COC1. The van der Waals surface area contributed by atoms with Crippen molar-refractivity contribution in [1.82, 2.24) is 0 Å². The van der Waals surface area contributed by atoms with Gasteiger partial charge in [-0.25, -0.2) is 0 Å². The zero-order chi connectivity index (χ0) is 12.3. The fourth-order valence-corrected chi connectivity index (χ4v) is 2.65. The van der Waals surface area contributed by atoms with E-state index in [1.165, 1.54) is 0 Å². The van der Waals surface area contributed by atoms with Gasteiger partial charge in [0.1, 0.15) is 5.75 Å². The lowest BCUT2D eigenvalue weighted by molar-refractivity contribution is 0.0455. The van der Waals surface area contributed by atoms with Crippen molar-refractivity contribution in [2.45, 2.75) is 17.9 Å². The molecule has 0 atom stereocenters. The van der Waals surface area contributed by atoms with Crippen LogP contribution in [0.2, 0.25) is 0 Å². The first-order valence-electron chi connectivity index (χ1n) is 5.58. The lowest BCUT2D eigenvalue weighted by Gasteiger charge is -2.25. The van der Waals surface area contributed by atoms with Crippen LogP contribution >= 0.6 is 11.8 Å². The molecular formula is C13H16O3S. The molecular weight excluding hydrogens is 236 g/mol. The molecule has 0 spiro atoms. The fourth-order valence-electron chi connectivity index (χ4n) is 1.63. The molecule has 0 bridgehead atoms. The molecule has 0 unspecified atom stereocenters. The van der Waals surface area contributed by atoms with Gasteiger partial charge in [0, 0.05) is 16.9 Å². The Morgan fingerprint density at radius 3 is 2.82 bits per heavy atom. The highest BCUT2D eigenvalue weighted by Gasteiger charge is 2.19. The summed E-state index contributed by atoms with van der Waals surface area (Å²) in [5.41, 5.74) is 1.82. The Bertz CT molecular complexity index is 413. The predicted octanol–water partition coefficient (Wildman–Crippen LogP) is 2.53. The molecule has 2 rings (SSSR count). The van der Waals surface area contributed by atoms with E-state index in [0.717, 1.165) is 35.8 Å². The van der Waals surface area contributed by atoms with Gasteiger partial charge in [-0.2, -0.15) is 0 Å². The standard InChI is InChI=1S/C13H16O3S/c1-9(14)10-3-4-13(15-2)11(5-10)8-17-12-6-16-7-12/h3-5,12H,6-8H2,1-2H3. The highest BCUT2D eigenvalue weighted by atomic mass is 32.2. The molecule has 1 aromatic rings. The van der Waals surface area contributed by atoms with E-state index in [1.807, 2.05) is 30.0 Å². The van der Waals surface area contributed by atoms with Crippen LogP contribution in [0, 0.1) is 0 Å². The van der Waals surface area contributed by atoms with E-state index in [-0.39, 0.29) is 5.78 Å². The minimum absolute atomic E-state index is 0.0888. The lowest BCUT2D eigenvalue weighted by atomic mass is 10.1. The Morgan fingerprint density at radius 2 is 2.29 bits per heavy atom. The van der Waals surface area contributed by atoms with E-state index in [4.69, 9.17) is 9.47 Å². The van der Waals surface area contributed by atoms with E-state index in [1.54, 1.807) is 14.0 Å². The first kappa shape index (κ1) is 12.5. The molecule has 3 nitrogen and oxygen atoms in total. The van der Waals surface area contributed by atoms with Crippen LogP contribution in [0.3, 0.4) is 0 Å². The van der Waals surface area contributed by atoms with Crippen LogP contribution in [0.15, 0.2) is 18.2 Å². The first-order chi connectivity index (χ1) is 8.20. The van der Waals surface area contributed by atoms with Crippen LogP contribution in [-0.2, 0) is 10.5 Å². The molecule has 1 aliphatic rings. The van der Waals surface area contributed by atoms with Crippen molar-refractivity contribution in [3.05, 3.63) is 29.3 Å². The number of hydrogen-bond donors (Lipinski definition) is 0. The number of ketones is 1. The molecule has 17 heavy (non-hydrogen) atoms. The van der Waals surface area contributed by atoms with Crippen molar-refractivity contribution in [2.24, 2.45) is 0 Å². The third-order valence-corrected chi connectivity index (χ3v) is 3.99. The summed E-state index contributed by atoms with van der Waals surface area (Å²) in [5, 5.41) is 0.584. The maximum absolute atomic E-state index is 11.3. The second-order valence-corrected chi connectivity index (χ2v) is 5.34. The molecule has 0 N–H and O–H groups in total. The molecule has 0 amide bonds. The summed E-state index contributed by atoms with van der Waals surface area (Å²) in [6, 6.07) is 5.60. The average Bonchev–Trinajstić information content (AvgIpc) is 2.26. The maximum Gasteiger partial charge on any atom is 0.159 e. The molecule has 0 saturated carbocycles. The summed E-state index contributed by atoms with van der Waals surface area (Å²) in [7, 11) is 1.66. The molecule has 1 fully saturated rings. The van der Waals surface area contributed by atoms with Gasteiger partial charge in [-0.1, -0.05) is 0 Å². The Balaban J connectivity index is 2.10. The number of rotatable bonds is 5. The Kier molecular flexibility index (Phi) is 4.07. The average molecular weight is 252 g/mol. The third-order valence-electron chi connectivity index (χ3n) is 2.77. The van der Waals surface area contributed by atoms with Gasteiger partial charge in [0.05, 0.1) is 25.6 Å². The summed E-state index contributed by atoms with van der Waals surface area (Å²) >= 11 is 1.85. The van der Waals surface area contributed by atoms with Gasteiger partial charge in [0.25, 0.3) is 0 Å².